The van der Waals surface area contributed by atoms with Crippen molar-refractivity contribution in [3.05, 3.63) is 29.8 Å². The second-order valence-corrected chi connectivity index (χ2v) is 5.36. The smallest absolute Gasteiger partial charge is 0.303 e. The average molecular weight is 293 g/mol. The van der Waals surface area contributed by atoms with Crippen LogP contribution in [-0.4, -0.2) is 22.7 Å². The molecule has 1 rings (SSSR count). The molecule has 0 aromatic heterocycles. The van der Waals surface area contributed by atoms with E-state index in [1.807, 2.05) is 24.3 Å². The molecule has 0 fully saturated rings. The largest absolute Gasteiger partial charge is 0.481 e. The molecule has 1 aromatic rings. The van der Waals surface area contributed by atoms with Crippen LogP contribution in [0.5, 0.6) is 0 Å². The molecule has 0 amide bonds. The average Bonchev–Trinajstić information content (AvgIpc) is 2.49. The highest BCUT2D eigenvalue weighted by atomic mass is 16.4. The topological polar surface area (TPSA) is 69.6 Å². The van der Waals surface area contributed by atoms with Crippen molar-refractivity contribution < 1.29 is 15.0 Å². The molecule has 0 spiro atoms. The van der Waals surface area contributed by atoms with Gasteiger partial charge in [0.25, 0.3) is 0 Å². The molecule has 0 aliphatic rings. The number of para-hydroxylation sites is 1. The highest BCUT2D eigenvalue weighted by Crippen LogP contribution is 2.15. The zero-order chi connectivity index (χ0) is 15.3. The van der Waals surface area contributed by atoms with Gasteiger partial charge in [-0.25, -0.2) is 0 Å². The molecular formula is C17H27NO3. The second kappa shape index (κ2) is 11.1. The minimum absolute atomic E-state index is 0.0690. The number of aliphatic carboxylic acids is 1. The van der Waals surface area contributed by atoms with Crippen LogP contribution in [0.15, 0.2) is 24.3 Å². The molecule has 0 saturated carbocycles. The maximum absolute atomic E-state index is 10.3. The van der Waals surface area contributed by atoms with Gasteiger partial charge in [-0.3, -0.25) is 4.79 Å². The van der Waals surface area contributed by atoms with E-state index in [2.05, 4.69) is 5.32 Å². The van der Waals surface area contributed by atoms with Crippen molar-refractivity contribution in [3.63, 3.8) is 0 Å². The van der Waals surface area contributed by atoms with E-state index in [0.29, 0.717) is 6.42 Å². The van der Waals surface area contributed by atoms with Crippen molar-refractivity contribution in [2.45, 2.75) is 58.0 Å². The van der Waals surface area contributed by atoms with E-state index in [4.69, 9.17) is 5.11 Å². The van der Waals surface area contributed by atoms with Gasteiger partial charge in [0.05, 0.1) is 6.61 Å². The molecule has 0 aliphatic heterocycles. The minimum atomic E-state index is -0.691. The van der Waals surface area contributed by atoms with Crippen LogP contribution in [0.3, 0.4) is 0 Å². The van der Waals surface area contributed by atoms with Gasteiger partial charge in [-0.2, -0.15) is 0 Å². The predicted molar refractivity (Wildman–Crippen MR) is 85.4 cm³/mol. The van der Waals surface area contributed by atoms with Gasteiger partial charge in [0.2, 0.25) is 0 Å². The first-order chi connectivity index (χ1) is 10.2. The van der Waals surface area contributed by atoms with Crippen molar-refractivity contribution in [1.82, 2.24) is 0 Å². The molecule has 0 atom stereocenters. The third-order valence-electron chi connectivity index (χ3n) is 3.57. The Morgan fingerprint density at radius 2 is 1.57 bits per heavy atom. The van der Waals surface area contributed by atoms with Gasteiger partial charge in [-0.05, 0) is 18.9 Å². The van der Waals surface area contributed by atoms with Gasteiger partial charge < -0.3 is 15.5 Å². The highest BCUT2D eigenvalue weighted by molar-refractivity contribution is 5.66. The van der Waals surface area contributed by atoms with Crippen LogP contribution < -0.4 is 5.32 Å². The Morgan fingerprint density at radius 3 is 2.24 bits per heavy atom. The van der Waals surface area contributed by atoms with Crippen LogP contribution in [-0.2, 0) is 11.4 Å². The number of rotatable bonds is 12. The van der Waals surface area contributed by atoms with Crippen LogP contribution in [0.1, 0.15) is 56.9 Å². The molecule has 118 valence electrons. The first-order valence-corrected chi connectivity index (χ1v) is 7.88. The number of carboxylic acid groups (broad SMARTS) is 1. The zero-order valence-corrected chi connectivity index (χ0v) is 12.7. The lowest BCUT2D eigenvalue weighted by molar-refractivity contribution is -0.137. The summed E-state index contributed by atoms with van der Waals surface area (Å²) in [5.74, 6) is -0.691. The SMILES string of the molecule is O=C(O)CCCCCCCCCNc1ccccc1CO. The number of hydrogen-bond acceptors (Lipinski definition) is 3. The summed E-state index contributed by atoms with van der Waals surface area (Å²) in [5, 5.41) is 21.1. The van der Waals surface area contributed by atoms with Crippen molar-refractivity contribution in [2.75, 3.05) is 11.9 Å². The third-order valence-corrected chi connectivity index (χ3v) is 3.57. The quantitative estimate of drug-likeness (QED) is 0.513. The number of aliphatic hydroxyl groups is 1. The fraction of sp³-hybridized carbons (Fsp3) is 0.588. The lowest BCUT2D eigenvalue weighted by Crippen LogP contribution is -2.04. The Bertz CT molecular complexity index is 407. The van der Waals surface area contributed by atoms with Crippen LogP contribution in [0.2, 0.25) is 0 Å². The predicted octanol–water partition coefficient (Wildman–Crippen LogP) is 3.80. The van der Waals surface area contributed by atoms with Crippen molar-refractivity contribution >= 4 is 11.7 Å². The standard InChI is InChI=1S/C17H27NO3/c19-14-15-10-7-8-11-16(15)18-13-9-5-3-1-2-4-6-12-17(20)21/h7-8,10-11,18-19H,1-6,9,12-14H2,(H,20,21). The van der Waals surface area contributed by atoms with Crippen LogP contribution in [0.4, 0.5) is 5.69 Å². The second-order valence-electron chi connectivity index (χ2n) is 5.36. The fourth-order valence-corrected chi connectivity index (χ4v) is 2.34. The number of anilines is 1. The monoisotopic (exact) mass is 293 g/mol. The Hall–Kier alpha value is -1.55. The van der Waals surface area contributed by atoms with E-state index in [1.54, 1.807) is 0 Å². The number of carboxylic acids is 1. The van der Waals surface area contributed by atoms with Crippen molar-refractivity contribution in [1.29, 1.82) is 0 Å². The highest BCUT2D eigenvalue weighted by Gasteiger charge is 1.99. The van der Waals surface area contributed by atoms with E-state index >= 15 is 0 Å². The number of nitrogens with one attached hydrogen (secondary N) is 1. The summed E-state index contributed by atoms with van der Waals surface area (Å²) in [4.78, 5) is 10.3. The Balaban J connectivity index is 1.96. The molecule has 21 heavy (non-hydrogen) atoms. The summed E-state index contributed by atoms with van der Waals surface area (Å²) in [7, 11) is 0. The van der Waals surface area contributed by atoms with E-state index in [0.717, 1.165) is 43.5 Å². The molecule has 1 aromatic carbocycles. The van der Waals surface area contributed by atoms with Crippen LogP contribution >= 0.6 is 0 Å². The first kappa shape index (κ1) is 17.5. The van der Waals surface area contributed by atoms with Gasteiger partial charge in [0.1, 0.15) is 0 Å². The first-order valence-electron chi connectivity index (χ1n) is 7.88. The normalized spacial score (nSPS) is 10.5. The summed E-state index contributed by atoms with van der Waals surface area (Å²) < 4.78 is 0. The van der Waals surface area contributed by atoms with E-state index in [9.17, 15) is 9.90 Å². The molecule has 0 radical (unpaired) electrons. The maximum atomic E-state index is 10.3. The molecule has 0 saturated heterocycles. The fourth-order valence-electron chi connectivity index (χ4n) is 2.34. The Kier molecular flexibility index (Phi) is 9.29. The molecule has 0 heterocycles. The van der Waals surface area contributed by atoms with Gasteiger partial charge in [-0.1, -0.05) is 50.3 Å². The van der Waals surface area contributed by atoms with Crippen LogP contribution in [0, 0.1) is 0 Å². The molecule has 4 nitrogen and oxygen atoms in total. The molecule has 0 bridgehead atoms. The number of benzene rings is 1. The lowest BCUT2D eigenvalue weighted by atomic mass is 10.1. The summed E-state index contributed by atoms with van der Waals surface area (Å²) in [6, 6.07) is 7.83. The van der Waals surface area contributed by atoms with Crippen molar-refractivity contribution in [2.24, 2.45) is 0 Å². The summed E-state index contributed by atoms with van der Waals surface area (Å²) in [6.07, 6.45) is 7.96. The Labute approximate surface area is 127 Å². The number of carbonyl (C=O) groups is 1. The molecule has 4 heteroatoms. The maximum Gasteiger partial charge on any atom is 0.303 e. The minimum Gasteiger partial charge on any atom is -0.481 e. The van der Waals surface area contributed by atoms with E-state index in [1.165, 1.54) is 19.3 Å². The van der Waals surface area contributed by atoms with Crippen molar-refractivity contribution in [3.8, 4) is 0 Å². The van der Waals surface area contributed by atoms with Crippen LogP contribution in [0.25, 0.3) is 0 Å². The molecule has 0 aliphatic carbocycles. The zero-order valence-electron chi connectivity index (χ0n) is 12.7. The summed E-state index contributed by atoms with van der Waals surface area (Å²) in [5.41, 5.74) is 1.96. The number of unbranched alkanes of at least 4 members (excludes halogenated alkanes) is 6. The molecule has 3 N–H and O–H groups in total. The summed E-state index contributed by atoms with van der Waals surface area (Å²) >= 11 is 0. The third kappa shape index (κ3) is 8.35. The number of hydrogen-bond donors (Lipinski definition) is 3. The van der Waals surface area contributed by atoms with Gasteiger partial charge >= 0.3 is 5.97 Å². The van der Waals surface area contributed by atoms with Gasteiger partial charge in [0, 0.05) is 24.2 Å². The van der Waals surface area contributed by atoms with E-state index in [-0.39, 0.29) is 6.61 Å². The van der Waals surface area contributed by atoms with E-state index < -0.39 is 5.97 Å². The summed E-state index contributed by atoms with van der Waals surface area (Å²) in [6.45, 7) is 0.996. The lowest BCUT2D eigenvalue weighted by Gasteiger charge is -2.10. The number of aliphatic hydroxyl groups excluding tert-OH is 1. The van der Waals surface area contributed by atoms with Gasteiger partial charge in [-0.15, -0.1) is 0 Å². The molecular weight excluding hydrogens is 266 g/mol. The molecule has 0 unspecified atom stereocenters. The van der Waals surface area contributed by atoms with Gasteiger partial charge in [0.15, 0.2) is 0 Å². The Morgan fingerprint density at radius 1 is 0.952 bits per heavy atom.